The van der Waals surface area contributed by atoms with Gasteiger partial charge in [0, 0.05) is 5.92 Å². The van der Waals surface area contributed by atoms with Crippen LogP contribution in [0.5, 0.6) is 0 Å². The Morgan fingerprint density at radius 2 is 1.59 bits per heavy atom. The van der Waals surface area contributed by atoms with Gasteiger partial charge >= 0.3 is 5.70 Å². The predicted molar refractivity (Wildman–Crippen MR) is 100 cm³/mol. The number of rotatable bonds is 8. The molecule has 0 amide bonds. The first-order valence-corrected chi connectivity index (χ1v) is 8.92. The molecule has 0 bridgehead atoms. The van der Waals surface area contributed by atoms with E-state index in [0.717, 1.165) is 11.1 Å². The van der Waals surface area contributed by atoms with Crippen LogP contribution in [0, 0.1) is 16.0 Å². The molecule has 0 saturated carbocycles. The molecule has 3 atom stereocenters. The zero-order valence-electron chi connectivity index (χ0n) is 15.2. The fourth-order valence-corrected chi connectivity index (χ4v) is 3.01. The lowest BCUT2D eigenvalue weighted by atomic mass is 9.94. The summed E-state index contributed by atoms with van der Waals surface area (Å²) >= 11 is 0. The van der Waals surface area contributed by atoms with Crippen LogP contribution in [-0.4, -0.2) is 23.7 Å². The Bertz CT molecular complexity index is 763. The smallest absolute Gasteiger partial charge is 0.309 e. The van der Waals surface area contributed by atoms with E-state index in [0.29, 0.717) is 19.8 Å². The van der Waals surface area contributed by atoms with Crippen molar-refractivity contribution in [2.75, 3.05) is 6.61 Å². The van der Waals surface area contributed by atoms with Gasteiger partial charge in [-0.05, 0) is 11.1 Å². The first-order chi connectivity index (χ1) is 13.1. The molecule has 3 rings (SSSR count). The second kappa shape index (κ2) is 9.30. The summed E-state index contributed by atoms with van der Waals surface area (Å²) in [7, 11) is 0. The largest absolute Gasteiger partial charge is 0.488 e. The van der Waals surface area contributed by atoms with Crippen molar-refractivity contribution in [1.82, 2.24) is 0 Å². The van der Waals surface area contributed by atoms with Crippen LogP contribution in [0.15, 0.2) is 72.6 Å². The first kappa shape index (κ1) is 19.1. The van der Waals surface area contributed by atoms with Gasteiger partial charge in [0.25, 0.3) is 0 Å². The van der Waals surface area contributed by atoms with Gasteiger partial charge in [0.15, 0.2) is 12.4 Å². The molecule has 1 aliphatic heterocycles. The Morgan fingerprint density at radius 3 is 2.19 bits per heavy atom. The van der Waals surface area contributed by atoms with Crippen molar-refractivity contribution in [3.05, 3.63) is 93.9 Å². The van der Waals surface area contributed by atoms with Crippen molar-refractivity contribution < 1.29 is 19.1 Å². The fraction of sp³-hybridized carbons (Fsp3) is 0.333. The summed E-state index contributed by atoms with van der Waals surface area (Å²) < 4.78 is 17.2. The maximum atomic E-state index is 11.4. The number of nitro groups is 1. The molecule has 0 aliphatic carbocycles. The molecule has 0 unspecified atom stereocenters. The van der Waals surface area contributed by atoms with E-state index >= 15 is 0 Å². The molecule has 0 saturated heterocycles. The molecule has 2 aromatic carbocycles. The van der Waals surface area contributed by atoms with E-state index in [1.807, 2.05) is 67.6 Å². The van der Waals surface area contributed by atoms with Gasteiger partial charge < -0.3 is 14.2 Å². The summed E-state index contributed by atoms with van der Waals surface area (Å²) in [6.45, 7) is 3.00. The summed E-state index contributed by atoms with van der Waals surface area (Å²) in [5.41, 5.74) is 1.98. The highest BCUT2D eigenvalue weighted by molar-refractivity contribution is 5.14. The monoisotopic (exact) mass is 369 g/mol. The van der Waals surface area contributed by atoms with Crippen LogP contribution >= 0.6 is 0 Å². The van der Waals surface area contributed by atoms with E-state index in [-0.39, 0.29) is 17.7 Å². The van der Waals surface area contributed by atoms with E-state index in [1.54, 1.807) is 0 Å². The number of ether oxygens (including phenoxy) is 3. The molecule has 1 heterocycles. The van der Waals surface area contributed by atoms with Gasteiger partial charge in [0.1, 0.15) is 6.10 Å². The Kier molecular flexibility index (Phi) is 6.57. The van der Waals surface area contributed by atoms with Gasteiger partial charge in [-0.1, -0.05) is 67.6 Å². The number of benzene rings is 2. The third kappa shape index (κ3) is 5.15. The summed E-state index contributed by atoms with van der Waals surface area (Å²) in [5.74, 6) is -0.213. The van der Waals surface area contributed by atoms with E-state index < -0.39 is 11.0 Å². The summed E-state index contributed by atoms with van der Waals surface area (Å²) in [5, 5.41) is 11.4. The van der Waals surface area contributed by atoms with Crippen molar-refractivity contribution in [2.45, 2.75) is 32.3 Å². The quantitative estimate of drug-likeness (QED) is 0.521. The van der Waals surface area contributed by atoms with E-state index in [2.05, 4.69) is 0 Å². The maximum absolute atomic E-state index is 11.4. The molecule has 0 spiro atoms. The minimum atomic E-state index is -0.653. The lowest BCUT2D eigenvalue weighted by molar-refractivity contribution is -0.445. The highest BCUT2D eigenvalue weighted by Gasteiger charge is 2.41. The molecule has 0 aromatic heterocycles. The molecule has 27 heavy (non-hydrogen) atoms. The fourth-order valence-electron chi connectivity index (χ4n) is 3.01. The molecule has 0 radical (unpaired) electrons. The Morgan fingerprint density at radius 1 is 1.00 bits per heavy atom. The van der Waals surface area contributed by atoms with Crippen LogP contribution in [0.1, 0.15) is 18.1 Å². The van der Waals surface area contributed by atoms with Gasteiger partial charge in [0.05, 0.1) is 24.7 Å². The van der Waals surface area contributed by atoms with Gasteiger partial charge in [-0.3, -0.25) is 10.1 Å². The van der Waals surface area contributed by atoms with Crippen molar-refractivity contribution in [1.29, 1.82) is 0 Å². The molecule has 0 N–H and O–H groups in total. The highest BCUT2D eigenvalue weighted by atomic mass is 16.6. The standard InChI is InChI=1S/C21H23NO5/c1-16-20(15-25-12-17-8-4-2-5-9-17)26-14-19(22(23)24)21(16)27-13-18-10-6-3-7-11-18/h2-11,14,16,20-21H,12-13,15H2,1H3/t16-,20+,21-/m0/s1. The Labute approximate surface area is 158 Å². The second-order valence-corrected chi connectivity index (χ2v) is 6.55. The number of hydrogen-bond acceptors (Lipinski definition) is 5. The topological polar surface area (TPSA) is 70.8 Å². The van der Waals surface area contributed by atoms with Crippen LogP contribution in [0.2, 0.25) is 0 Å². The normalized spacial score (nSPS) is 22.0. The Hall–Kier alpha value is -2.70. The molecule has 6 nitrogen and oxygen atoms in total. The van der Waals surface area contributed by atoms with Gasteiger partial charge in [0.2, 0.25) is 0 Å². The van der Waals surface area contributed by atoms with Crippen LogP contribution in [0.4, 0.5) is 0 Å². The zero-order valence-corrected chi connectivity index (χ0v) is 15.2. The average Bonchev–Trinajstić information content (AvgIpc) is 2.69. The molecule has 6 heteroatoms. The Balaban J connectivity index is 1.61. The SMILES string of the molecule is C[C@@H]1[C@H](OCc2ccccc2)C([N+](=O)[O-])=CO[C@@H]1COCc1ccccc1. The molecular formula is C21H23NO5. The third-order valence-corrected chi connectivity index (χ3v) is 4.60. The summed E-state index contributed by atoms with van der Waals surface area (Å²) in [6, 6.07) is 19.4. The molecule has 142 valence electrons. The van der Waals surface area contributed by atoms with Crippen LogP contribution in [0.3, 0.4) is 0 Å². The van der Waals surface area contributed by atoms with E-state index in [1.165, 1.54) is 6.26 Å². The third-order valence-electron chi connectivity index (χ3n) is 4.60. The predicted octanol–water partition coefficient (Wildman–Crippen LogP) is 3.94. The summed E-state index contributed by atoms with van der Waals surface area (Å²) in [4.78, 5) is 10.9. The van der Waals surface area contributed by atoms with Crippen molar-refractivity contribution in [3.8, 4) is 0 Å². The second-order valence-electron chi connectivity index (χ2n) is 6.55. The molecule has 0 fully saturated rings. The average molecular weight is 369 g/mol. The van der Waals surface area contributed by atoms with Crippen LogP contribution < -0.4 is 0 Å². The van der Waals surface area contributed by atoms with Crippen LogP contribution in [-0.2, 0) is 27.4 Å². The number of nitrogens with zero attached hydrogens (tertiary/aromatic N) is 1. The van der Waals surface area contributed by atoms with E-state index in [4.69, 9.17) is 14.2 Å². The zero-order chi connectivity index (χ0) is 19.1. The maximum Gasteiger partial charge on any atom is 0.309 e. The van der Waals surface area contributed by atoms with Crippen molar-refractivity contribution in [2.24, 2.45) is 5.92 Å². The highest BCUT2D eigenvalue weighted by Crippen LogP contribution is 2.28. The minimum Gasteiger partial charge on any atom is -0.488 e. The van der Waals surface area contributed by atoms with Gasteiger partial charge in [-0.15, -0.1) is 0 Å². The van der Waals surface area contributed by atoms with Crippen LogP contribution in [0.25, 0.3) is 0 Å². The van der Waals surface area contributed by atoms with E-state index in [9.17, 15) is 10.1 Å². The molecular weight excluding hydrogens is 346 g/mol. The van der Waals surface area contributed by atoms with Crippen molar-refractivity contribution in [3.63, 3.8) is 0 Å². The van der Waals surface area contributed by atoms with Gasteiger partial charge in [-0.25, -0.2) is 0 Å². The van der Waals surface area contributed by atoms with Crippen molar-refractivity contribution >= 4 is 0 Å². The minimum absolute atomic E-state index is 0.0576. The first-order valence-electron chi connectivity index (χ1n) is 8.92. The van der Waals surface area contributed by atoms with Gasteiger partial charge in [-0.2, -0.15) is 0 Å². The molecule has 1 aliphatic rings. The molecule has 2 aromatic rings. The lowest BCUT2D eigenvalue weighted by Crippen LogP contribution is -2.42. The lowest BCUT2D eigenvalue weighted by Gasteiger charge is -2.32. The number of hydrogen-bond donors (Lipinski definition) is 0. The summed E-state index contributed by atoms with van der Waals surface area (Å²) in [6.07, 6.45) is 0.240.